The van der Waals surface area contributed by atoms with Crippen LogP contribution in [-0.4, -0.2) is 43.5 Å². The van der Waals surface area contributed by atoms with Crippen LogP contribution in [-0.2, 0) is 4.79 Å². The largest absolute Gasteiger partial charge is 0.325 e. The van der Waals surface area contributed by atoms with Crippen LogP contribution in [0.4, 0.5) is 10.1 Å². The molecule has 2 N–H and O–H groups in total. The van der Waals surface area contributed by atoms with Gasteiger partial charge >= 0.3 is 0 Å². The lowest BCUT2D eigenvalue weighted by Gasteiger charge is -2.16. The van der Waals surface area contributed by atoms with Gasteiger partial charge in [-0.25, -0.2) is 4.39 Å². The molecule has 102 valence electrons. The molecular weight excluding hydrogens is 245 g/mol. The van der Waals surface area contributed by atoms with Crippen LogP contribution < -0.4 is 10.6 Å². The maximum Gasteiger partial charge on any atom is 0.238 e. The van der Waals surface area contributed by atoms with E-state index in [-0.39, 0.29) is 11.7 Å². The van der Waals surface area contributed by atoms with E-state index in [1.807, 2.05) is 0 Å². The molecule has 0 aromatic heterocycles. The molecule has 5 heteroatoms. The predicted octanol–water partition coefficient (Wildman–Crippen LogP) is 0.915. The first-order valence-corrected chi connectivity index (χ1v) is 6.69. The van der Waals surface area contributed by atoms with Gasteiger partial charge in [-0.15, -0.1) is 0 Å². The summed E-state index contributed by atoms with van der Waals surface area (Å²) >= 11 is 0. The Kier molecular flexibility index (Phi) is 3.48. The Labute approximate surface area is 112 Å². The Morgan fingerprint density at radius 3 is 2.79 bits per heavy atom. The molecule has 1 amide bonds. The fraction of sp³-hybridized carbons (Fsp3) is 0.500. The highest BCUT2D eigenvalue weighted by Crippen LogP contribution is 2.25. The summed E-state index contributed by atoms with van der Waals surface area (Å²) < 4.78 is 13.0. The van der Waals surface area contributed by atoms with E-state index in [0.29, 0.717) is 24.1 Å². The van der Waals surface area contributed by atoms with Crippen molar-refractivity contribution in [3.05, 3.63) is 30.1 Å². The summed E-state index contributed by atoms with van der Waals surface area (Å²) in [6.07, 6.45) is 0. The number of amides is 1. The molecule has 2 fully saturated rings. The smallest absolute Gasteiger partial charge is 0.238 e. The summed E-state index contributed by atoms with van der Waals surface area (Å²) in [6, 6.07) is 5.99. The van der Waals surface area contributed by atoms with Gasteiger partial charge in [0, 0.05) is 18.8 Å². The molecule has 0 bridgehead atoms. The van der Waals surface area contributed by atoms with Gasteiger partial charge in [-0.3, -0.25) is 9.69 Å². The van der Waals surface area contributed by atoms with Gasteiger partial charge in [0.2, 0.25) is 5.91 Å². The van der Waals surface area contributed by atoms with Crippen molar-refractivity contribution >= 4 is 11.6 Å². The third-order valence-corrected chi connectivity index (χ3v) is 3.94. The Morgan fingerprint density at radius 2 is 2.11 bits per heavy atom. The number of likely N-dealkylation sites (tertiary alicyclic amines) is 1. The summed E-state index contributed by atoms with van der Waals surface area (Å²) in [4.78, 5) is 14.1. The van der Waals surface area contributed by atoms with E-state index >= 15 is 0 Å². The van der Waals surface area contributed by atoms with Crippen molar-refractivity contribution in [3.8, 4) is 0 Å². The average molecular weight is 263 g/mol. The molecule has 3 rings (SSSR count). The molecule has 1 aromatic rings. The van der Waals surface area contributed by atoms with Crippen LogP contribution in [0.15, 0.2) is 24.3 Å². The lowest BCUT2D eigenvalue weighted by Crippen LogP contribution is -2.33. The minimum absolute atomic E-state index is 0.0708. The maximum absolute atomic E-state index is 13.0. The normalized spacial score (nSPS) is 26.4. The number of carbonyl (C=O) groups excluding carboxylic acids is 1. The first-order valence-electron chi connectivity index (χ1n) is 6.69. The number of halogens is 1. The highest BCUT2D eigenvalue weighted by Gasteiger charge is 2.36. The van der Waals surface area contributed by atoms with Gasteiger partial charge in [-0.1, -0.05) is 6.07 Å². The SMILES string of the molecule is O=C(CN1CC2CNCC2C1)Nc1cccc(F)c1. The van der Waals surface area contributed by atoms with Gasteiger partial charge < -0.3 is 10.6 Å². The van der Waals surface area contributed by atoms with Crippen LogP contribution in [0, 0.1) is 17.7 Å². The van der Waals surface area contributed by atoms with Crippen LogP contribution in [0.25, 0.3) is 0 Å². The molecule has 0 saturated carbocycles. The second-order valence-electron chi connectivity index (χ2n) is 5.43. The monoisotopic (exact) mass is 263 g/mol. The first kappa shape index (κ1) is 12.6. The maximum atomic E-state index is 13.0. The van der Waals surface area contributed by atoms with Gasteiger partial charge in [0.1, 0.15) is 5.82 Å². The van der Waals surface area contributed by atoms with Crippen LogP contribution in [0.5, 0.6) is 0 Å². The Balaban J connectivity index is 1.52. The van der Waals surface area contributed by atoms with Crippen molar-refractivity contribution in [2.75, 3.05) is 38.0 Å². The number of fused-ring (bicyclic) bond motifs is 1. The molecule has 2 aliphatic rings. The van der Waals surface area contributed by atoms with E-state index in [4.69, 9.17) is 0 Å². The van der Waals surface area contributed by atoms with Crippen molar-refractivity contribution in [1.82, 2.24) is 10.2 Å². The van der Waals surface area contributed by atoms with Gasteiger partial charge in [0.25, 0.3) is 0 Å². The minimum atomic E-state index is -0.334. The lowest BCUT2D eigenvalue weighted by atomic mass is 10.0. The summed E-state index contributed by atoms with van der Waals surface area (Å²) in [7, 11) is 0. The van der Waals surface area contributed by atoms with E-state index in [9.17, 15) is 9.18 Å². The molecule has 2 aliphatic heterocycles. The summed E-state index contributed by atoms with van der Waals surface area (Å²) in [5, 5.41) is 6.11. The molecule has 0 radical (unpaired) electrons. The number of hydrogen-bond donors (Lipinski definition) is 2. The summed E-state index contributed by atoms with van der Waals surface area (Å²) in [6.45, 7) is 4.48. The van der Waals surface area contributed by atoms with Crippen molar-refractivity contribution in [2.45, 2.75) is 0 Å². The summed E-state index contributed by atoms with van der Waals surface area (Å²) in [5.74, 6) is 0.960. The highest BCUT2D eigenvalue weighted by atomic mass is 19.1. The number of benzene rings is 1. The average Bonchev–Trinajstić information content (AvgIpc) is 2.89. The van der Waals surface area contributed by atoms with Crippen LogP contribution >= 0.6 is 0 Å². The molecular formula is C14H18FN3O. The standard InChI is InChI=1S/C14H18FN3O/c15-12-2-1-3-13(4-12)17-14(19)9-18-7-10-5-16-6-11(10)8-18/h1-4,10-11,16H,5-9H2,(H,17,19). The Morgan fingerprint density at radius 1 is 1.37 bits per heavy atom. The fourth-order valence-electron chi connectivity index (χ4n) is 3.05. The van der Waals surface area contributed by atoms with Crippen LogP contribution in [0.2, 0.25) is 0 Å². The highest BCUT2D eigenvalue weighted by molar-refractivity contribution is 5.92. The zero-order valence-electron chi connectivity index (χ0n) is 10.7. The topological polar surface area (TPSA) is 44.4 Å². The second kappa shape index (κ2) is 5.27. The molecule has 0 aliphatic carbocycles. The van der Waals surface area contributed by atoms with Crippen molar-refractivity contribution in [3.63, 3.8) is 0 Å². The molecule has 2 atom stereocenters. The molecule has 2 saturated heterocycles. The Hall–Kier alpha value is -1.46. The quantitative estimate of drug-likeness (QED) is 0.852. The third-order valence-electron chi connectivity index (χ3n) is 3.94. The number of hydrogen-bond acceptors (Lipinski definition) is 3. The lowest BCUT2D eigenvalue weighted by molar-refractivity contribution is -0.117. The van der Waals surface area contributed by atoms with Crippen molar-refractivity contribution in [1.29, 1.82) is 0 Å². The predicted molar refractivity (Wildman–Crippen MR) is 71.3 cm³/mol. The molecule has 4 nitrogen and oxygen atoms in total. The zero-order valence-corrected chi connectivity index (χ0v) is 10.7. The van der Waals surface area contributed by atoms with E-state index in [0.717, 1.165) is 26.2 Å². The van der Waals surface area contributed by atoms with E-state index in [2.05, 4.69) is 15.5 Å². The number of anilines is 1. The minimum Gasteiger partial charge on any atom is -0.325 e. The van der Waals surface area contributed by atoms with E-state index in [1.54, 1.807) is 12.1 Å². The number of carbonyl (C=O) groups is 1. The molecule has 1 aromatic carbocycles. The second-order valence-corrected chi connectivity index (χ2v) is 5.43. The van der Waals surface area contributed by atoms with E-state index in [1.165, 1.54) is 12.1 Å². The van der Waals surface area contributed by atoms with Crippen molar-refractivity contribution in [2.24, 2.45) is 11.8 Å². The van der Waals surface area contributed by atoms with E-state index < -0.39 is 0 Å². The van der Waals surface area contributed by atoms with Gasteiger partial charge in [0.15, 0.2) is 0 Å². The zero-order chi connectivity index (χ0) is 13.2. The van der Waals surface area contributed by atoms with Crippen LogP contribution in [0.3, 0.4) is 0 Å². The van der Waals surface area contributed by atoms with Gasteiger partial charge in [-0.05, 0) is 43.1 Å². The summed E-state index contributed by atoms with van der Waals surface area (Å²) in [5.41, 5.74) is 0.519. The molecule has 2 unspecified atom stereocenters. The van der Waals surface area contributed by atoms with Crippen LogP contribution in [0.1, 0.15) is 0 Å². The fourth-order valence-corrected chi connectivity index (χ4v) is 3.05. The number of nitrogens with one attached hydrogen (secondary N) is 2. The first-order chi connectivity index (χ1) is 9.20. The Bertz CT molecular complexity index is 468. The molecule has 0 spiro atoms. The number of nitrogens with zero attached hydrogens (tertiary/aromatic N) is 1. The molecule has 19 heavy (non-hydrogen) atoms. The molecule has 2 heterocycles. The number of rotatable bonds is 3. The van der Waals surface area contributed by atoms with Crippen molar-refractivity contribution < 1.29 is 9.18 Å². The van der Waals surface area contributed by atoms with Gasteiger partial charge in [0.05, 0.1) is 6.54 Å². The van der Waals surface area contributed by atoms with Gasteiger partial charge in [-0.2, -0.15) is 0 Å². The third kappa shape index (κ3) is 2.93.